The van der Waals surface area contributed by atoms with Crippen LogP contribution >= 0.6 is 0 Å². The van der Waals surface area contributed by atoms with Crippen molar-refractivity contribution in [3.05, 3.63) is 12.2 Å². The quantitative estimate of drug-likeness (QED) is 0.554. The van der Waals surface area contributed by atoms with Gasteiger partial charge in [0.25, 0.3) is 11.8 Å². The zero-order chi connectivity index (χ0) is 13.7. The second-order valence-corrected chi connectivity index (χ2v) is 5.17. The Morgan fingerprint density at radius 1 is 1.16 bits per heavy atom. The summed E-state index contributed by atoms with van der Waals surface area (Å²) in [4.78, 5) is 35.3. The fourth-order valence-corrected chi connectivity index (χ4v) is 2.24. The first-order chi connectivity index (χ1) is 9.16. The van der Waals surface area contributed by atoms with E-state index in [1.54, 1.807) is 0 Å². The monoisotopic (exact) mass is 264 g/mol. The van der Waals surface area contributed by atoms with E-state index in [1.807, 2.05) is 0 Å². The summed E-state index contributed by atoms with van der Waals surface area (Å²) in [6.07, 6.45) is 9.00. The molecule has 0 aromatic rings. The highest BCUT2D eigenvalue weighted by Gasteiger charge is 2.22. The molecule has 3 amide bonds. The molecule has 0 spiro atoms. The molecule has 0 unspecified atom stereocenters. The number of nitrogens with zero attached hydrogens (tertiary/aromatic N) is 1. The fraction of sp³-hybridized carbons (Fsp3) is 0.643. The average molecular weight is 264 g/mol. The van der Waals surface area contributed by atoms with Crippen molar-refractivity contribution < 1.29 is 14.4 Å². The first-order valence-electron chi connectivity index (χ1n) is 7.00. The van der Waals surface area contributed by atoms with Gasteiger partial charge in [0.2, 0.25) is 5.91 Å². The molecule has 5 heteroatoms. The van der Waals surface area contributed by atoms with Crippen molar-refractivity contribution in [2.24, 2.45) is 0 Å². The molecule has 1 aliphatic carbocycles. The number of carbonyl (C=O) groups is 3. The van der Waals surface area contributed by atoms with Crippen LogP contribution in [0.5, 0.6) is 0 Å². The minimum absolute atomic E-state index is 0.125. The molecule has 0 saturated heterocycles. The molecule has 0 radical (unpaired) electrons. The third-order valence-electron chi connectivity index (χ3n) is 3.66. The number of amides is 3. The van der Waals surface area contributed by atoms with Gasteiger partial charge < -0.3 is 5.32 Å². The molecule has 1 heterocycles. The van der Waals surface area contributed by atoms with Gasteiger partial charge in [0.05, 0.1) is 0 Å². The zero-order valence-electron chi connectivity index (χ0n) is 11.1. The Hall–Kier alpha value is -1.65. The zero-order valence-corrected chi connectivity index (χ0v) is 11.1. The highest BCUT2D eigenvalue weighted by molar-refractivity contribution is 6.12. The molecule has 2 aliphatic rings. The fourth-order valence-electron chi connectivity index (χ4n) is 2.24. The Balaban J connectivity index is 1.51. The minimum atomic E-state index is -0.229. The lowest BCUT2D eigenvalue weighted by molar-refractivity contribution is -0.137. The van der Waals surface area contributed by atoms with Crippen molar-refractivity contribution in [1.82, 2.24) is 10.2 Å². The molecule has 1 fully saturated rings. The molecule has 5 nitrogen and oxygen atoms in total. The number of carbonyl (C=O) groups excluding carboxylic acids is 3. The largest absolute Gasteiger partial charge is 0.353 e. The topological polar surface area (TPSA) is 66.5 Å². The standard InChI is InChI=1S/C14H20N2O3/c17-12(15-11-5-4-6-11)7-2-1-3-10-16-13(18)8-9-14(16)19/h8-9,11H,1-7,10H2,(H,15,17). The van der Waals surface area contributed by atoms with Crippen LogP contribution in [0.4, 0.5) is 0 Å². The van der Waals surface area contributed by atoms with E-state index in [1.165, 1.54) is 23.5 Å². The smallest absolute Gasteiger partial charge is 0.253 e. The van der Waals surface area contributed by atoms with Gasteiger partial charge >= 0.3 is 0 Å². The SMILES string of the molecule is O=C(CCCCCN1C(=O)C=CC1=O)NC1CCC1. The molecule has 2 rings (SSSR count). The first kappa shape index (κ1) is 13.8. The van der Waals surface area contributed by atoms with Gasteiger partial charge in [0, 0.05) is 31.2 Å². The van der Waals surface area contributed by atoms with Gasteiger partial charge in [0.1, 0.15) is 0 Å². The Morgan fingerprint density at radius 2 is 1.84 bits per heavy atom. The number of rotatable bonds is 7. The van der Waals surface area contributed by atoms with Crippen molar-refractivity contribution in [1.29, 1.82) is 0 Å². The molecule has 19 heavy (non-hydrogen) atoms. The van der Waals surface area contributed by atoms with Gasteiger partial charge in [-0.25, -0.2) is 0 Å². The van der Waals surface area contributed by atoms with Crippen LogP contribution in [-0.4, -0.2) is 35.2 Å². The van der Waals surface area contributed by atoms with Crippen molar-refractivity contribution >= 4 is 17.7 Å². The maximum absolute atomic E-state index is 11.5. The van der Waals surface area contributed by atoms with Crippen molar-refractivity contribution in [2.45, 2.75) is 51.0 Å². The Labute approximate surface area is 113 Å². The average Bonchev–Trinajstić information content (AvgIpc) is 2.64. The predicted octanol–water partition coefficient (Wildman–Crippen LogP) is 1.14. The van der Waals surface area contributed by atoms with Crippen LogP contribution < -0.4 is 5.32 Å². The van der Waals surface area contributed by atoms with Crippen LogP contribution in [0.2, 0.25) is 0 Å². The van der Waals surface area contributed by atoms with E-state index < -0.39 is 0 Å². The summed E-state index contributed by atoms with van der Waals surface area (Å²) in [7, 11) is 0. The van der Waals surface area contributed by atoms with E-state index in [0.717, 1.165) is 32.1 Å². The highest BCUT2D eigenvalue weighted by atomic mass is 16.2. The third kappa shape index (κ3) is 3.91. The molecule has 0 atom stereocenters. The van der Waals surface area contributed by atoms with E-state index in [9.17, 15) is 14.4 Å². The van der Waals surface area contributed by atoms with Crippen LogP contribution in [0.15, 0.2) is 12.2 Å². The maximum atomic E-state index is 11.5. The van der Waals surface area contributed by atoms with Crippen LogP contribution in [0.25, 0.3) is 0 Å². The third-order valence-corrected chi connectivity index (χ3v) is 3.66. The van der Waals surface area contributed by atoms with Crippen LogP contribution in [-0.2, 0) is 14.4 Å². The van der Waals surface area contributed by atoms with Gasteiger partial charge in [-0.3, -0.25) is 19.3 Å². The second-order valence-electron chi connectivity index (χ2n) is 5.17. The summed E-state index contributed by atoms with van der Waals surface area (Å²) < 4.78 is 0. The van der Waals surface area contributed by atoms with E-state index in [4.69, 9.17) is 0 Å². The maximum Gasteiger partial charge on any atom is 0.253 e. The summed E-state index contributed by atoms with van der Waals surface area (Å²) in [6, 6.07) is 0.401. The van der Waals surface area contributed by atoms with Crippen molar-refractivity contribution in [3.8, 4) is 0 Å². The van der Waals surface area contributed by atoms with Gasteiger partial charge in [0.15, 0.2) is 0 Å². The number of hydrogen-bond acceptors (Lipinski definition) is 3. The predicted molar refractivity (Wildman–Crippen MR) is 70.1 cm³/mol. The minimum Gasteiger partial charge on any atom is -0.353 e. The van der Waals surface area contributed by atoms with Gasteiger partial charge in [-0.2, -0.15) is 0 Å². The van der Waals surface area contributed by atoms with Crippen LogP contribution in [0, 0.1) is 0 Å². The Bertz CT molecular complexity index is 381. The molecular formula is C14H20N2O3. The van der Waals surface area contributed by atoms with Crippen molar-refractivity contribution in [3.63, 3.8) is 0 Å². The number of imide groups is 1. The van der Waals surface area contributed by atoms with E-state index >= 15 is 0 Å². The second kappa shape index (κ2) is 6.50. The summed E-state index contributed by atoms with van der Waals surface area (Å²) in [5.41, 5.74) is 0. The van der Waals surface area contributed by atoms with Gasteiger partial charge in [-0.05, 0) is 32.1 Å². The molecular weight excluding hydrogens is 244 g/mol. The molecule has 104 valence electrons. The first-order valence-corrected chi connectivity index (χ1v) is 7.00. The summed E-state index contributed by atoms with van der Waals surface area (Å²) in [5, 5.41) is 2.99. The van der Waals surface area contributed by atoms with Gasteiger partial charge in [-0.15, -0.1) is 0 Å². The van der Waals surface area contributed by atoms with E-state index in [2.05, 4.69) is 5.32 Å². The van der Waals surface area contributed by atoms with E-state index in [0.29, 0.717) is 19.0 Å². The summed E-state index contributed by atoms with van der Waals surface area (Å²) in [6.45, 7) is 0.453. The van der Waals surface area contributed by atoms with Gasteiger partial charge in [-0.1, -0.05) is 6.42 Å². The Kier molecular flexibility index (Phi) is 4.71. The lowest BCUT2D eigenvalue weighted by atomic mass is 9.93. The van der Waals surface area contributed by atoms with E-state index in [-0.39, 0.29) is 17.7 Å². The summed E-state index contributed by atoms with van der Waals surface area (Å²) >= 11 is 0. The Morgan fingerprint density at radius 3 is 2.42 bits per heavy atom. The summed E-state index contributed by atoms with van der Waals surface area (Å²) in [5.74, 6) is -0.333. The lowest BCUT2D eigenvalue weighted by Crippen LogP contribution is -2.39. The number of unbranched alkanes of at least 4 members (excludes halogenated alkanes) is 2. The molecule has 1 N–H and O–H groups in total. The highest BCUT2D eigenvalue weighted by Crippen LogP contribution is 2.18. The molecule has 1 aliphatic heterocycles. The number of hydrogen-bond donors (Lipinski definition) is 1. The molecule has 1 saturated carbocycles. The number of nitrogens with one attached hydrogen (secondary N) is 1. The van der Waals surface area contributed by atoms with Crippen LogP contribution in [0.3, 0.4) is 0 Å². The lowest BCUT2D eigenvalue weighted by Gasteiger charge is -2.26. The van der Waals surface area contributed by atoms with Crippen LogP contribution in [0.1, 0.15) is 44.9 Å². The molecule has 0 aromatic heterocycles. The normalized spacial score (nSPS) is 18.8. The molecule has 0 aromatic carbocycles. The molecule has 0 bridgehead atoms. The van der Waals surface area contributed by atoms with Crippen molar-refractivity contribution in [2.75, 3.05) is 6.54 Å².